The van der Waals surface area contributed by atoms with E-state index in [4.69, 9.17) is 11.6 Å². The average Bonchev–Trinajstić information content (AvgIpc) is 3.15. The van der Waals surface area contributed by atoms with Crippen LogP contribution in [0.2, 0.25) is 5.02 Å². The third-order valence-electron chi connectivity index (χ3n) is 7.33. The molecule has 2 aromatic heterocycles. The number of hydrogen-bond acceptors (Lipinski definition) is 3. The number of piperidine rings is 1. The van der Waals surface area contributed by atoms with E-state index in [2.05, 4.69) is 34.1 Å². The summed E-state index contributed by atoms with van der Waals surface area (Å²) in [6.07, 6.45) is 6.72. The lowest BCUT2D eigenvalue weighted by Gasteiger charge is -2.50. The highest BCUT2D eigenvalue weighted by Gasteiger charge is 2.46. The number of halogens is 2. The molecule has 0 radical (unpaired) electrons. The first-order valence-corrected chi connectivity index (χ1v) is 12.0. The fourth-order valence-corrected chi connectivity index (χ4v) is 5.55. The summed E-state index contributed by atoms with van der Waals surface area (Å²) >= 11 is 6.15. The lowest BCUT2D eigenvalue weighted by Crippen LogP contribution is -2.48. The van der Waals surface area contributed by atoms with Gasteiger partial charge in [-0.1, -0.05) is 30.7 Å². The van der Waals surface area contributed by atoms with Gasteiger partial charge in [0.05, 0.1) is 10.7 Å². The molecule has 5 rings (SSSR count). The zero-order chi connectivity index (χ0) is 22.3. The first kappa shape index (κ1) is 21.4. The van der Waals surface area contributed by atoms with Crippen LogP contribution in [0.3, 0.4) is 0 Å². The number of pyridine rings is 1. The van der Waals surface area contributed by atoms with Crippen LogP contribution in [0.25, 0.3) is 5.65 Å². The molecule has 1 saturated carbocycles. The van der Waals surface area contributed by atoms with Gasteiger partial charge in [0, 0.05) is 31.4 Å². The molecule has 4 nitrogen and oxygen atoms in total. The minimum Gasteiger partial charge on any atom is -0.371 e. The first-order valence-electron chi connectivity index (χ1n) is 11.6. The van der Waals surface area contributed by atoms with Gasteiger partial charge in [-0.05, 0) is 73.8 Å². The Kier molecular flexibility index (Phi) is 5.70. The van der Waals surface area contributed by atoms with Crippen molar-refractivity contribution in [2.75, 3.05) is 18.0 Å². The van der Waals surface area contributed by atoms with Gasteiger partial charge in [0.2, 0.25) is 0 Å². The van der Waals surface area contributed by atoms with Gasteiger partial charge in [0.1, 0.15) is 17.5 Å². The summed E-state index contributed by atoms with van der Waals surface area (Å²) in [6.45, 7) is 4.02. The summed E-state index contributed by atoms with van der Waals surface area (Å²) in [5, 5.41) is 0.590. The maximum absolute atomic E-state index is 13.3. The molecule has 1 spiro atoms. The maximum Gasteiger partial charge on any atom is 0.181 e. The van der Waals surface area contributed by atoms with Crippen molar-refractivity contribution in [2.45, 2.75) is 58.0 Å². The number of aryl methyl sites for hydroxylation is 2. The Labute approximate surface area is 193 Å². The second kappa shape index (κ2) is 8.51. The number of aromatic nitrogens is 2. The molecule has 168 valence electrons. The molecule has 0 atom stereocenters. The van der Waals surface area contributed by atoms with Crippen LogP contribution in [0.5, 0.6) is 0 Å². The summed E-state index contributed by atoms with van der Waals surface area (Å²) in [5.41, 5.74) is 4.87. The lowest BCUT2D eigenvalue weighted by molar-refractivity contribution is 0.00452. The number of carbonyl (C=O) groups excluding carboxylic acids is 1. The minimum atomic E-state index is -0.575. The summed E-state index contributed by atoms with van der Waals surface area (Å²) in [4.78, 5) is 20.1. The van der Waals surface area contributed by atoms with Crippen LogP contribution in [0.4, 0.5) is 10.1 Å². The third kappa shape index (κ3) is 4.03. The molecule has 0 bridgehead atoms. The summed E-state index contributed by atoms with van der Waals surface area (Å²) < 4.78 is 15.1. The Hall–Kier alpha value is -2.40. The Balaban J connectivity index is 1.22. The number of rotatable bonds is 6. The van der Waals surface area contributed by atoms with Gasteiger partial charge in [-0.25, -0.2) is 9.37 Å². The smallest absolute Gasteiger partial charge is 0.181 e. The van der Waals surface area contributed by atoms with Crippen LogP contribution < -0.4 is 4.90 Å². The first-order chi connectivity index (χ1) is 15.5. The monoisotopic (exact) mass is 453 g/mol. The van der Waals surface area contributed by atoms with E-state index in [1.165, 1.54) is 5.69 Å². The molecule has 0 N–H and O–H groups in total. The minimum absolute atomic E-state index is 0.0914. The van der Waals surface area contributed by atoms with Gasteiger partial charge >= 0.3 is 0 Å². The molecule has 1 aliphatic heterocycles. The number of nitrogens with zero attached hydrogens (tertiary/aromatic N) is 3. The zero-order valence-electron chi connectivity index (χ0n) is 18.5. The molecular weight excluding hydrogens is 425 g/mol. The lowest BCUT2D eigenvalue weighted by atomic mass is 9.62. The van der Waals surface area contributed by atoms with Gasteiger partial charge in [0.25, 0.3) is 0 Å². The van der Waals surface area contributed by atoms with Crippen molar-refractivity contribution >= 4 is 28.7 Å². The molecule has 1 aromatic carbocycles. The molecule has 3 heterocycles. The number of benzene rings is 1. The molecule has 0 amide bonds. The SMILES string of the molecule is CCc1nc2ccc(Cl)cn2c1C(=O)CCc1ccc(N2CCC3(CC2)CC(F)C3)cc1. The number of ketones is 1. The van der Waals surface area contributed by atoms with Crippen LogP contribution in [-0.2, 0) is 12.8 Å². The molecule has 3 aromatic rings. The predicted octanol–water partition coefficient (Wildman–Crippen LogP) is 6.08. The molecule has 2 aliphatic rings. The van der Waals surface area contributed by atoms with Crippen LogP contribution >= 0.6 is 11.6 Å². The Bertz CT molecular complexity index is 1120. The Morgan fingerprint density at radius 3 is 2.53 bits per heavy atom. The molecule has 32 heavy (non-hydrogen) atoms. The van der Waals surface area contributed by atoms with E-state index in [9.17, 15) is 9.18 Å². The maximum atomic E-state index is 13.3. The highest BCUT2D eigenvalue weighted by atomic mass is 35.5. The zero-order valence-corrected chi connectivity index (χ0v) is 19.2. The van der Waals surface area contributed by atoms with Crippen molar-refractivity contribution in [3.8, 4) is 0 Å². The number of Topliss-reactive ketones (excluding diaryl/α,β-unsaturated/α-hetero) is 1. The standard InChI is InChI=1S/C26H29ClFN3O/c1-2-22-25(31-17-19(27)6-10-24(31)29-22)23(32)9-5-18-3-7-21(8-4-18)30-13-11-26(12-14-30)15-20(28)16-26/h3-4,6-8,10,17,20H,2,5,9,11-16H2,1H3. The highest BCUT2D eigenvalue weighted by molar-refractivity contribution is 6.30. The normalized spacial score (nSPS) is 18.3. The van der Waals surface area contributed by atoms with E-state index in [1.54, 1.807) is 12.3 Å². The molecule has 2 fully saturated rings. The highest BCUT2D eigenvalue weighted by Crippen LogP contribution is 2.50. The quantitative estimate of drug-likeness (QED) is 0.424. The van der Waals surface area contributed by atoms with E-state index in [0.29, 0.717) is 30.0 Å². The summed E-state index contributed by atoms with van der Waals surface area (Å²) in [6, 6.07) is 12.2. The van der Waals surface area contributed by atoms with Crippen molar-refractivity contribution in [2.24, 2.45) is 5.41 Å². The Morgan fingerprint density at radius 1 is 1.16 bits per heavy atom. The van der Waals surface area contributed by atoms with E-state index in [1.807, 2.05) is 17.4 Å². The fraction of sp³-hybridized carbons (Fsp3) is 0.462. The number of fused-ring (bicyclic) bond motifs is 1. The van der Waals surface area contributed by atoms with Gasteiger partial charge in [-0.3, -0.25) is 9.20 Å². The van der Waals surface area contributed by atoms with E-state index < -0.39 is 6.17 Å². The summed E-state index contributed by atoms with van der Waals surface area (Å²) in [5.74, 6) is 0.0914. The van der Waals surface area contributed by atoms with Gasteiger partial charge in [-0.15, -0.1) is 0 Å². The van der Waals surface area contributed by atoms with Crippen molar-refractivity contribution < 1.29 is 9.18 Å². The second-order valence-electron chi connectivity index (χ2n) is 9.42. The number of imidazole rings is 1. The molecule has 1 saturated heterocycles. The van der Waals surface area contributed by atoms with Crippen LogP contribution in [0.15, 0.2) is 42.6 Å². The molecule has 0 unspecified atom stereocenters. The van der Waals surface area contributed by atoms with Gasteiger partial charge in [-0.2, -0.15) is 0 Å². The van der Waals surface area contributed by atoms with E-state index in [0.717, 1.165) is 55.7 Å². The number of anilines is 1. The average molecular weight is 454 g/mol. The van der Waals surface area contributed by atoms with Gasteiger partial charge in [0.15, 0.2) is 5.78 Å². The van der Waals surface area contributed by atoms with Gasteiger partial charge < -0.3 is 4.90 Å². The predicted molar refractivity (Wildman–Crippen MR) is 127 cm³/mol. The topological polar surface area (TPSA) is 37.6 Å². The Morgan fingerprint density at radius 2 is 1.88 bits per heavy atom. The molecule has 1 aliphatic carbocycles. The van der Waals surface area contributed by atoms with Crippen LogP contribution in [-0.4, -0.2) is 34.4 Å². The van der Waals surface area contributed by atoms with Crippen molar-refractivity contribution in [3.63, 3.8) is 0 Å². The number of hydrogen-bond donors (Lipinski definition) is 0. The van der Waals surface area contributed by atoms with Crippen LogP contribution in [0.1, 0.15) is 60.8 Å². The van der Waals surface area contributed by atoms with E-state index in [-0.39, 0.29) is 11.2 Å². The summed E-state index contributed by atoms with van der Waals surface area (Å²) in [7, 11) is 0. The van der Waals surface area contributed by atoms with E-state index >= 15 is 0 Å². The molecular formula is C26H29ClFN3O. The second-order valence-corrected chi connectivity index (χ2v) is 9.85. The fourth-order valence-electron chi connectivity index (χ4n) is 5.39. The van der Waals surface area contributed by atoms with Crippen molar-refractivity contribution in [3.05, 3.63) is 64.6 Å². The number of carbonyl (C=O) groups is 1. The van der Waals surface area contributed by atoms with Crippen LogP contribution in [0, 0.1) is 5.41 Å². The number of alkyl halides is 1. The molecule has 6 heteroatoms. The third-order valence-corrected chi connectivity index (χ3v) is 7.55. The largest absolute Gasteiger partial charge is 0.371 e. The van der Waals surface area contributed by atoms with Crippen molar-refractivity contribution in [1.82, 2.24) is 9.38 Å². The van der Waals surface area contributed by atoms with Crippen molar-refractivity contribution in [1.29, 1.82) is 0 Å².